The van der Waals surface area contributed by atoms with Gasteiger partial charge in [0.25, 0.3) is 0 Å². The van der Waals surface area contributed by atoms with Gasteiger partial charge >= 0.3 is 0 Å². The van der Waals surface area contributed by atoms with E-state index in [-0.39, 0.29) is 0 Å². The second kappa shape index (κ2) is 4.40. The van der Waals surface area contributed by atoms with Gasteiger partial charge < -0.3 is 9.64 Å². The summed E-state index contributed by atoms with van der Waals surface area (Å²) in [5, 5.41) is 0. The summed E-state index contributed by atoms with van der Waals surface area (Å²) < 4.78 is 4.97. The van der Waals surface area contributed by atoms with Crippen LogP contribution in [-0.2, 0) is 0 Å². The number of hydrogen-bond donors (Lipinski definition) is 0. The van der Waals surface area contributed by atoms with Gasteiger partial charge in [0.05, 0.1) is 25.2 Å². The molecule has 4 heteroatoms. The van der Waals surface area contributed by atoms with Gasteiger partial charge in [0.15, 0.2) is 0 Å². The predicted molar refractivity (Wildman–Crippen MR) is 58.7 cm³/mol. The summed E-state index contributed by atoms with van der Waals surface area (Å²) in [6.07, 6.45) is 6.68. The Balaban J connectivity index is 2.16. The maximum atomic E-state index is 4.97. The monoisotopic (exact) mass is 205 g/mol. The van der Waals surface area contributed by atoms with Crippen molar-refractivity contribution in [3.63, 3.8) is 0 Å². The molecule has 4 nitrogen and oxygen atoms in total. The second-order valence-corrected chi connectivity index (χ2v) is 3.69. The van der Waals surface area contributed by atoms with E-state index in [1.165, 1.54) is 5.57 Å². The normalized spacial score (nSPS) is 17.3. The first kappa shape index (κ1) is 10.1. The molecule has 1 aliphatic heterocycles. The smallest absolute Gasteiger partial charge is 0.232 e. The van der Waals surface area contributed by atoms with Crippen LogP contribution in [0.3, 0.4) is 0 Å². The van der Waals surface area contributed by atoms with Crippen molar-refractivity contribution in [2.24, 2.45) is 0 Å². The molecule has 0 unspecified atom stereocenters. The van der Waals surface area contributed by atoms with Crippen molar-refractivity contribution in [2.45, 2.75) is 6.42 Å². The fourth-order valence-electron chi connectivity index (χ4n) is 1.59. The molecule has 0 aromatic carbocycles. The minimum absolute atomic E-state index is 0.562. The highest BCUT2D eigenvalue weighted by Gasteiger charge is 2.10. The Hall–Kier alpha value is -1.42. The van der Waals surface area contributed by atoms with Crippen LogP contribution in [0.2, 0.25) is 0 Å². The Morgan fingerprint density at radius 3 is 2.73 bits per heavy atom. The molecule has 0 saturated carbocycles. The van der Waals surface area contributed by atoms with Gasteiger partial charge in [-0.1, -0.05) is 6.08 Å². The van der Waals surface area contributed by atoms with Crippen LogP contribution in [-0.4, -0.2) is 42.1 Å². The Morgan fingerprint density at radius 2 is 2.20 bits per heavy atom. The second-order valence-electron chi connectivity index (χ2n) is 3.69. The summed E-state index contributed by atoms with van der Waals surface area (Å²) in [7, 11) is 3.71. The number of aromatic nitrogens is 2. The van der Waals surface area contributed by atoms with Gasteiger partial charge in [-0.05, 0) is 19.0 Å². The van der Waals surface area contributed by atoms with E-state index in [2.05, 4.69) is 28.0 Å². The third kappa shape index (κ3) is 2.33. The van der Waals surface area contributed by atoms with Gasteiger partial charge in [-0.25, -0.2) is 9.97 Å². The van der Waals surface area contributed by atoms with Crippen molar-refractivity contribution in [1.29, 1.82) is 0 Å². The van der Waals surface area contributed by atoms with E-state index in [1.54, 1.807) is 19.5 Å². The van der Waals surface area contributed by atoms with Gasteiger partial charge in [-0.2, -0.15) is 0 Å². The molecule has 0 aliphatic carbocycles. The highest BCUT2D eigenvalue weighted by molar-refractivity contribution is 5.62. The summed E-state index contributed by atoms with van der Waals surface area (Å²) in [5.41, 5.74) is 2.24. The molecule has 80 valence electrons. The lowest BCUT2D eigenvalue weighted by molar-refractivity contribution is 0.369. The molecular formula is C11H15N3O. The number of hydrogen-bond acceptors (Lipinski definition) is 4. The van der Waals surface area contributed by atoms with Crippen molar-refractivity contribution < 1.29 is 4.74 Å². The van der Waals surface area contributed by atoms with Crippen LogP contribution in [0.15, 0.2) is 18.5 Å². The quantitative estimate of drug-likeness (QED) is 0.727. The predicted octanol–water partition coefficient (Wildman–Crippen LogP) is 1.20. The van der Waals surface area contributed by atoms with Gasteiger partial charge in [0, 0.05) is 13.1 Å². The molecule has 0 N–H and O–H groups in total. The lowest BCUT2D eigenvalue weighted by Crippen LogP contribution is -2.23. The lowest BCUT2D eigenvalue weighted by atomic mass is 10.1. The molecular weight excluding hydrogens is 190 g/mol. The zero-order chi connectivity index (χ0) is 10.7. The molecule has 0 atom stereocenters. The summed E-state index contributed by atoms with van der Waals surface area (Å²) >= 11 is 0. The summed E-state index contributed by atoms with van der Waals surface area (Å²) in [6.45, 7) is 2.07. The summed E-state index contributed by atoms with van der Waals surface area (Å²) in [4.78, 5) is 10.8. The zero-order valence-corrected chi connectivity index (χ0v) is 9.10. The van der Waals surface area contributed by atoms with Gasteiger partial charge in [-0.3, -0.25) is 0 Å². The standard InChI is InChI=1S/C11H15N3O/c1-14-5-3-9(4-6-14)10-7-13-11(15-2)8-12-10/h3,7-8H,4-6H2,1-2H3. The molecule has 1 aromatic rings. The van der Waals surface area contributed by atoms with Crippen molar-refractivity contribution in [3.8, 4) is 5.88 Å². The molecule has 2 rings (SSSR count). The van der Waals surface area contributed by atoms with Crippen LogP contribution in [0.4, 0.5) is 0 Å². The van der Waals surface area contributed by atoms with Crippen LogP contribution in [0, 0.1) is 0 Å². The fraction of sp³-hybridized carbons (Fsp3) is 0.455. The topological polar surface area (TPSA) is 38.2 Å². The number of methoxy groups -OCH3 is 1. The molecule has 0 radical (unpaired) electrons. The molecule has 0 fully saturated rings. The van der Waals surface area contributed by atoms with Gasteiger partial charge in [0.1, 0.15) is 0 Å². The van der Waals surface area contributed by atoms with Crippen LogP contribution in [0.25, 0.3) is 5.57 Å². The fourth-order valence-corrected chi connectivity index (χ4v) is 1.59. The maximum Gasteiger partial charge on any atom is 0.232 e. The van der Waals surface area contributed by atoms with Gasteiger partial charge in [-0.15, -0.1) is 0 Å². The van der Waals surface area contributed by atoms with Crippen LogP contribution in [0.5, 0.6) is 5.88 Å². The minimum Gasteiger partial charge on any atom is -0.480 e. The first-order valence-electron chi connectivity index (χ1n) is 5.03. The largest absolute Gasteiger partial charge is 0.480 e. The number of ether oxygens (including phenoxy) is 1. The van der Waals surface area contributed by atoms with E-state index < -0.39 is 0 Å². The highest BCUT2D eigenvalue weighted by atomic mass is 16.5. The van der Waals surface area contributed by atoms with E-state index in [9.17, 15) is 0 Å². The van der Waals surface area contributed by atoms with Crippen LogP contribution >= 0.6 is 0 Å². The summed E-state index contributed by atoms with van der Waals surface area (Å²) in [5.74, 6) is 0.562. The Bertz CT molecular complexity index is 359. The summed E-state index contributed by atoms with van der Waals surface area (Å²) in [6, 6.07) is 0. The maximum absolute atomic E-state index is 4.97. The zero-order valence-electron chi connectivity index (χ0n) is 9.10. The van der Waals surface area contributed by atoms with Crippen molar-refractivity contribution in [1.82, 2.24) is 14.9 Å². The van der Waals surface area contributed by atoms with E-state index >= 15 is 0 Å². The molecule has 0 bridgehead atoms. The van der Waals surface area contributed by atoms with Gasteiger partial charge in [0.2, 0.25) is 5.88 Å². The average molecular weight is 205 g/mol. The van der Waals surface area contributed by atoms with E-state index in [0.29, 0.717) is 5.88 Å². The Kier molecular flexibility index (Phi) is 2.97. The van der Waals surface area contributed by atoms with E-state index in [1.807, 2.05) is 0 Å². The number of likely N-dealkylation sites (N-methyl/N-ethyl adjacent to an activating group) is 1. The number of rotatable bonds is 2. The van der Waals surface area contributed by atoms with Crippen molar-refractivity contribution >= 4 is 5.57 Å². The van der Waals surface area contributed by atoms with E-state index in [4.69, 9.17) is 4.74 Å². The molecule has 0 amide bonds. The first-order valence-corrected chi connectivity index (χ1v) is 5.03. The SMILES string of the molecule is COc1cnc(C2=CCN(C)CC2)cn1. The highest BCUT2D eigenvalue weighted by Crippen LogP contribution is 2.19. The van der Waals surface area contributed by atoms with Crippen molar-refractivity contribution in [3.05, 3.63) is 24.2 Å². The molecule has 0 saturated heterocycles. The average Bonchev–Trinajstić information content (AvgIpc) is 2.30. The minimum atomic E-state index is 0.562. The van der Waals surface area contributed by atoms with Crippen LogP contribution < -0.4 is 4.74 Å². The molecule has 1 aliphatic rings. The van der Waals surface area contributed by atoms with Crippen LogP contribution in [0.1, 0.15) is 12.1 Å². The lowest BCUT2D eigenvalue weighted by Gasteiger charge is -2.21. The number of nitrogens with zero attached hydrogens (tertiary/aromatic N) is 3. The van der Waals surface area contributed by atoms with E-state index in [0.717, 1.165) is 25.2 Å². The van der Waals surface area contributed by atoms with Crippen molar-refractivity contribution in [2.75, 3.05) is 27.2 Å². The third-order valence-corrected chi connectivity index (χ3v) is 2.58. The molecule has 0 spiro atoms. The molecule has 15 heavy (non-hydrogen) atoms. The third-order valence-electron chi connectivity index (χ3n) is 2.58. The Labute approximate surface area is 89.6 Å². The Morgan fingerprint density at radius 1 is 1.33 bits per heavy atom. The molecule has 2 heterocycles. The molecule has 1 aromatic heterocycles. The first-order chi connectivity index (χ1) is 7.29.